The Balaban J connectivity index is 1.43. The van der Waals surface area contributed by atoms with Crippen molar-refractivity contribution < 1.29 is 4.79 Å². The summed E-state index contributed by atoms with van der Waals surface area (Å²) >= 11 is 0. The van der Waals surface area contributed by atoms with Crippen LogP contribution in [-0.2, 0) is 0 Å². The van der Waals surface area contributed by atoms with E-state index in [9.17, 15) is 4.79 Å². The first kappa shape index (κ1) is 23.8. The molecule has 0 aliphatic carbocycles. The summed E-state index contributed by atoms with van der Waals surface area (Å²) in [5.74, 6) is 0.363. The van der Waals surface area contributed by atoms with Crippen molar-refractivity contribution in [3.8, 4) is 0 Å². The monoisotopic (exact) mass is 483 g/mol. The Kier molecular flexibility index (Phi) is 7.13. The second-order valence-corrected chi connectivity index (χ2v) is 9.07. The Morgan fingerprint density at radius 1 is 1.00 bits per heavy atom. The zero-order valence-electron chi connectivity index (χ0n) is 20.9. The van der Waals surface area contributed by atoms with E-state index in [4.69, 9.17) is 4.98 Å². The minimum atomic E-state index is -0.149. The first-order chi connectivity index (χ1) is 17.7. The number of para-hydroxylation sites is 1. The number of benzene rings is 2. The standard InChI is InChI=1S/C28H33N7O/c1-3-23(4-2)35-25(27(36)31-21-8-6-5-7-9-21)18-20-19-30-28(33-26(20)35)32-22-10-12-24(13-11-22)34-16-14-29-15-17-34/h5-13,18-19,23,29H,3-4,14-17H2,1-2H3,(H,31,36)(H,30,32,33). The molecule has 4 aromatic rings. The maximum absolute atomic E-state index is 13.3. The van der Waals surface area contributed by atoms with Gasteiger partial charge in [-0.2, -0.15) is 4.98 Å². The lowest BCUT2D eigenvalue weighted by molar-refractivity contribution is 0.101. The topological polar surface area (TPSA) is 87.1 Å². The number of amides is 1. The van der Waals surface area contributed by atoms with Crippen molar-refractivity contribution >= 4 is 40.0 Å². The lowest BCUT2D eigenvalue weighted by Crippen LogP contribution is -2.43. The average Bonchev–Trinajstić information content (AvgIpc) is 3.30. The number of carbonyl (C=O) groups is 1. The van der Waals surface area contributed by atoms with Gasteiger partial charge in [-0.1, -0.05) is 32.0 Å². The zero-order chi connectivity index (χ0) is 24.9. The van der Waals surface area contributed by atoms with Gasteiger partial charge in [0, 0.05) is 60.9 Å². The Bertz CT molecular complexity index is 1310. The van der Waals surface area contributed by atoms with Gasteiger partial charge in [-0.15, -0.1) is 0 Å². The van der Waals surface area contributed by atoms with Gasteiger partial charge in [0.05, 0.1) is 0 Å². The molecule has 0 saturated carbocycles. The van der Waals surface area contributed by atoms with Crippen molar-refractivity contribution in [3.63, 3.8) is 0 Å². The highest BCUT2D eigenvalue weighted by atomic mass is 16.2. The van der Waals surface area contributed by atoms with E-state index in [1.165, 1.54) is 5.69 Å². The number of piperazine rings is 1. The van der Waals surface area contributed by atoms with Crippen LogP contribution in [0.4, 0.5) is 23.0 Å². The highest BCUT2D eigenvalue weighted by Gasteiger charge is 2.22. The van der Waals surface area contributed by atoms with Crippen LogP contribution >= 0.6 is 0 Å². The minimum Gasteiger partial charge on any atom is -0.369 e. The van der Waals surface area contributed by atoms with Crippen molar-refractivity contribution in [1.82, 2.24) is 19.9 Å². The number of hydrogen-bond donors (Lipinski definition) is 3. The summed E-state index contributed by atoms with van der Waals surface area (Å²) in [5, 5.41) is 10.6. The highest BCUT2D eigenvalue weighted by Crippen LogP contribution is 2.29. The van der Waals surface area contributed by atoms with Crippen LogP contribution in [0.3, 0.4) is 0 Å². The summed E-state index contributed by atoms with van der Waals surface area (Å²) in [4.78, 5) is 25.0. The molecule has 0 unspecified atom stereocenters. The van der Waals surface area contributed by atoms with E-state index in [2.05, 4.69) is 68.5 Å². The molecule has 1 fully saturated rings. The molecule has 3 N–H and O–H groups in total. The van der Waals surface area contributed by atoms with Crippen molar-refractivity contribution in [1.29, 1.82) is 0 Å². The van der Waals surface area contributed by atoms with E-state index in [0.29, 0.717) is 11.6 Å². The molecular formula is C28H33N7O. The Morgan fingerprint density at radius 3 is 2.42 bits per heavy atom. The zero-order valence-corrected chi connectivity index (χ0v) is 20.9. The van der Waals surface area contributed by atoms with Gasteiger partial charge in [-0.3, -0.25) is 4.79 Å². The van der Waals surface area contributed by atoms with E-state index >= 15 is 0 Å². The van der Waals surface area contributed by atoms with Gasteiger partial charge >= 0.3 is 0 Å². The van der Waals surface area contributed by atoms with E-state index in [0.717, 1.165) is 61.4 Å². The summed E-state index contributed by atoms with van der Waals surface area (Å²) < 4.78 is 2.06. The van der Waals surface area contributed by atoms with E-state index in [1.54, 1.807) is 6.20 Å². The Labute approximate surface area is 211 Å². The van der Waals surface area contributed by atoms with Crippen LogP contribution in [0, 0.1) is 0 Å². The number of carbonyl (C=O) groups excluding carboxylic acids is 1. The van der Waals surface area contributed by atoms with Crippen molar-refractivity contribution in [2.45, 2.75) is 32.7 Å². The third kappa shape index (κ3) is 5.04. The normalized spacial score (nSPS) is 13.8. The van der Waals surface area contributed by atoms with Gasteiger partial charge in [0.25, 0.3) is 5.91 Å². The van der Waals surface area contributed by atoms with Crippen LogP contribution in [0.2, 0.25) is 0 Å². The SMILES string of the molecule is CCC(CC)n1c(C(=O)Nc2ccccc2)cc2cnc(Nc3ccc(N4CCNCC4)cc3)nc21. The number of rotatable bonds is 8. The van der Waals surface area contributed by atoms with Crippen molar-refractivity contribution in [3.05, 3.63) is 72.6 Å². The fourth-order valence-electron chi connectivity index (χ4n) is 4.79. The molecule has 3 heterocycles. The average molecular weight is 484 g/mol. The molecule has 0 spiro atoms. The third-order valence-corrected chi connectivity index (χ3v) is 6.75. The molecular weight excluding hydrogens is 450 g/mol. The molecule has 0 bridgehead atoms. The molecule has 8 nitrogen and oxygen atoms in total. The first-order valence-corrected chi connectivity index (χ1v) is 12.7. The molecule has 2 aromatic heterocycles. The Morgan fingerprint density at radius 2 is 1.72 bits per heavy atom. The molecule has 8 heteroatoms. The first-order valence-electron chi connectivity index (χ1n) is 12.7. The smallest absolute Gasteiger partial charge is 0.272 e. The minimum absolute atomic E-state index is 0.149. The summed E-state index contributed by atoms with van der Waals surface area (Å²) in [5.41, 5.74) is 4.26. The van der Waals surface area contributed by atoms with Gasteiger partial charge in [0.2, 0.25) is 5.95 Å². The molecule has 36 heavy (non-hydrogen) atoms. The number of nitrogens with zero attached hydrogens (tertiary/aromatic N) is 4. The van der Waals surface area contributed by atoms with Gasteiger partial charge in [-0.05, 0) is 55.3 Å². The quantitative estimate of drug-likeness (QED) is 0.319. The van der Waals surface area contributed by atoms with Gasteiger partial charge in [-0.25, -0.2) is 4.98 Å². The van der Waals surface area contributed by atoms with Gasteiger partial charge in [0.15, 0.2) is 0 Å². The molecule has 5 rings (SSSR count). The lowest BCUT2D eigenvalue weighted by atomic mass is 10.1. The van der Waals surface area contributed by atoms with Crippen LogP contribution in [0.5, 0.6) is 0 Å². The van der Waals surface area contributed by atoms with Gasteiger partial charge in [0.1, 0.15) is 11.3 Å². The van der Waals surface area contributed by atoms with Crippen LogP contribution in [0.1, 0.15) is 43.2 Å². The fraction of sp³-hybridized carbons (Fsp3) is 0.321. The molecule has 1 amide bonds. The van der Waals surface area contributed by atoms with Crippen molar-refractivity contribution in [2.24, 2.45) is 0 Å². The third-order valence-electron chi connectivity index (χ3n) is 6.75. The van der Waals surface area contributed by atoms with Gasteiger partial charge < -0.3 is 25.4 Å². The summed E-state index contributed by atoms with van der Waals surface area (Å²) in [7, 11) is 0. The Hall–Kier alpha value is -3.91. The predicted molar refractivity (Wildman–Crippen MR) is 146 cm³/mol. The number of fused-ring (bicyclic) bond motifs is 1. The second kappa shape index (κ2) is 10.8. The summed E-state index contributed by atoms with van der Waals surface area (Å²) in [6.07, 6.45) is 3.58. The molecule has 0 atom stereocenters. The number of nitrogens with one attached hydrogen (secondary N) is 3. The number of hydrogen-bond acceptors (Lipinski definition) is 6. The maximum atomic E-state index is 13.3. The van der Waals surface area contributed by atoms with E-state index in [1.807, 2.05) is 36.4 Å². The number of aromatic nitrogens is 3. The lowest BCUT2D eigenvalue weighted by Gasteiger charge is -2.29. The fourth-order valence-corrected chi connectivity index (χ4v) is 4.79. The molecule has 1 aliphatic rings. The highest BCUT2D eigenvalue weighted by molar-refractivity contribution is 6.06. The maximum Gasteiger partial charge on any atom is 0.272 e. The van der Waals surface area contributed by atoms with Crippen LogP contribution in [-0.4, -0.2) is 46.6 Å². The van der Waals surface area contributed by atoms with Crippen molar-refractivity contribution in [2.75, 3.05) is 41.7 Å². The predicted octanol–water partition coefficient (Wildman–Crippen LogP) is 5.20. The largest absolute Gasteiger partial charge is 0.369 e. The molecule has 1 aliphatic heterocycles. The van der Waals surface area contributed by atoms with Crippen LogP contribution < -0.4 is 20.9 Å². The molecule has 1 saturated heterocycles. The molecule has 0 radical (unpaired) electrons. The van der Waals surface area contributed by atoms with Crippen LogP contribution in [0.15, 0.2) is 66.9 Å². The van der Waals surface area contributed by atoms with E-state index in [-0.39, 0.29) is 11.9 Å². The van der Waals surface area contributed by atoms with E-state index < -0.39 is 0 Å². The number of anilines is 4. The molecule has 186 valence electrons. The second-order valence-electron chi connectivity index (χ2n) is 9.07. The summed E-state index contributed by atoms with van der Waals surface area (Å²) in [6, 6.07) is 19.9. The summed E-state index contributed by atoms with van der Waals surface area (Å²) in [6.45, 7) is 8.32. The molecule has 2 aromatic carbocycles. The van der Waals surface area contributed by atoms with Crippen LogP contribution in [0.25, 0.3) is 11.0 Å².